The minimum atomic E-state index is 0.122. The molecule has 3 atom stereocenters. The van der Waals surface area contributed by atoms with E-state index in [1.54, 1.807) is 7.11 Å². The first-order valence-electron chi connectivity index (χ1n) is 6.29. The maximum absolute atomic E-state index is 5.34. The van der Waals surface area contributed by atoms with Crippen LogP contribution in [0.1, 0.15) is 44.4 Å². The Balaban J connectivity index is 2.01. The monoisotopic (exact) mass is 239 g/mol. The van der Waals surface area contributed by atoms with Crippen LogP contribution in [-0.2, 0) is 11.2 Å². The van der Waals surface area contributed by atoms with Crippen molar-refractivity contribution in [2.24, 2.45) is 5.92 Å². The summed E-state index contributed by atoms with van der Waals surface area (Å²) in [6, 6.07) is 0.211. The molecular formula is C12H21N3O2. The van der Waals surface area contributed by atoms with Crippen molar-refractivity contribution in [2.45, 2.75) is 45.3 Å². The van der Waals surface area contributed by atoms with Crippen LogP contribution in [0, 0.1) is 5.92 Å². The molecule has 2 heterocycles. The van der Waals surface area contributed by atoms with Crippen LogP contribution in [0.5, 0.6) is 0 Å². The second kappa shape index (κ2) is 5.60. The molecule has 1 saturated heterocycles. The summed E-state index contributed by atoms with van der Waals surface area (Å²) in [6.07, 6.45) is 3.25. The Kier molecular flexibility index (Phi) is 4.12. The van der Waals surface area contributed by atoms with Gasteiger partial charge in [0.1, 0.15) is 0 Å². The smallest absolute Gasteiger partial charge is 0.244 e. The summed E-state index contributed by atoms with van der Waals surface area (Å²) in [6.45, 7) is 5.25. The summed E-state index contributed by atoms with van der Waals surface area (Å²) in [5, 5.41) is 7.45. The lowest BCUT2D eigenvalue weighted by molar-refractivity contribution is 0.116. The lowest BCUT2D eigenvalue weighted by atomic mass is 9.93. The molecule has 96 valence electrons. The Morgan fingerprint density at radius 3 is 3.12 bits per heavy atom. The van der Waals surface area contributed by atoms with Gasteiger partial charge in [0.15, 0.2) is 5.82 Å². The second-order valence-electron chi connectivity index (χ2n) is 4.85. The van der Waals surface area contributed by atoms with Gasteiger partial charge in [0.05, 0.1) is 12.1 Å². The maximum atomic E-state index is 5.34. The number of nitrogens with one attached hydrogen (secondary N) is 1. The van der Waals surface area contributed by atoms with Crippen LogP contribution in [-0.4, -0.2) is 29.9 Å². The van der Waals surface area contributed by atoms with Crippen LogP contribution in [0.3, 0.4) is 0 Å². The van der Waals surface area contributed by atoms with Gasteiger partial charge in [0, 0.05) is 13.5 Å². The Morgan fingerprint density at radius 1 is 1.59 bits per heavy atom. The van der Waals surface area contributed by atoms with Gasteiger partial charge in [-0.25, -0.2) is 0 Å². The standard InChI is InChI=1S/C12H21N3O2/c1-8-5-4-6-13-11(8)12-14-10(15-17-12)7-9(2)16-3/h8-9,11,13H,4-7H2,1-3H3. The van der Waals surface area contributed by atoms with Gasteiger partial charge in [-0.1, -0.05) is 12.1 Å². The maximum Gasteiger partial charge on any atom is 0.244 e. The summed E-state index contributed by atoms with van der Waals surface area (Å²) in [7, 11) is 1.69. The molecule has 0 amide bonds. The molecule has 3 unspecified atom stereocenters. The van der Waals surface area contributed by atoms with Crippen molar-refractivity contribution >= 4 is 0 Å². The number of aromatic nitrogens is 2. The molecule has 0 saturated carbocycles. The first-order valence-corrected chi connectivity index (χ1v) is 6.29. The number of piperidine rings is 1. The quantitative estimate of drug-likeness (QED) is 0.866. The van der Waals surface area contributed by atoms with Gasteiger partial charge in [-0.3, -0.25) is 0 Å². The molecule has 5 heteroatoms. The molecule has 0 radical (unpaired) electrons. The second-order valence-corrected chi connectivity index (χ2v) is 4.85. The molecule has 17 heavy (non-hydrogen) atoms. The van der Waals surface area contributed by atoms with E-state index < -0.39 is 0 Å². The van der Waals surface area contributed by atoms with Gasteiger partial charge < -0.3 is 14.6 Å². The van der Waals surface area contributed by atoms with E-state index in [4.69, 9.17) is 9.26 Å². The Hall–Kier alpha value is -0.940. The lowest BCUT2D eigenvalue weighted by Crippen LogP contribution is -2.33. The fraction of sp³-hybridized carbons (Fsp3) is 0.833. The van der Waals surface area contributed by atoms with E-state index in [0.29, 0.717) is 12.3 Å². The van der Waals surface area contributed by atoms with E-state index >= 15 is 0 Å². The summed E-state index contributed by atoms with van der Waals surface area (Å²) < 4.78 is 10.5. The molecule has 0 bridgehead atoms. The molecular weight excluding hydrogens is 218 g/mol. The minimum absolute atomic E-state index is 0.122. The van der Waals surface area contributed by atoms with Crippen molar-refractivity contribution in [1.82, 2.24) is 15.5 Å². The Morgan fingerprint density at radius 2 is 2.41 bits per heavy atom. The Labute approximate surface area is 102 Å². The van der Waals surface area contributed by atoms with Crippen LogP contribution in [0.15, 0.2) is 4.52 Å². The van der Waals surface area contributed by atoms with Crippen LogP contribution < -0.4 is 5.32 Å². The zero-order chi connectivity index (χ0) is 12.3. The number of ether oxygens (including phenoxy) is 1. The van der Waals surface area contributed by atoms with Crippen molar-refractivity contribution in [2.75, 3.05) is 13.7 Å². The summed E-state index contributed by atoms with van der Waals surface area (Å²) in [5.74, 6) is 2.00. The number of hydrogen-bond acceptors (Lipinski definition) is 5. The van der Waals surface area contributed by atoms with Crippen molar-refractivity contribution in [3.05, 3.63) is 11.7 Å². The number of hydrogen-bond donors (Lipinski definition) is 1. The molecule has 1 fully saturated rings. The molecule has 0 aromatic carbocycles. The van der Waals surface area contributed by atoms with E-state index in [1.165, 1.54) is 12.8 Å². The summed E-state index contributed by atoms with van der Waals surface area (Å²) in [5.41, 5.74) is 0. The SMILES string of the molecule is COC(C)Cc1noc(C2NCCCC2C)n1. The van der Waals surface area contributed by atoms with Crippen LogP contribution >= 0.6 is 0 Å². The first-order chi connectivity index (χ1) is 8.20. The van der Waals surface area contributed by atoms with Gasteiger partial charge in [0.2, 0.25) is 5.89 Å². The molecule has 0 spiro atoms. The average molecular weight is 239 g/mol. The fourth-order valence-electron chi connectivity index (χ4n) is 2.20. The molecule has 1 aromatic rings. The van der Waals surface area contributed by atoms with E-state index in [9.17, 15) is 0 Å². The normalized spacial score (nSPS) is 27.0. The van der Waals surface area contributed by atoms with E-state index in [0.717, 1.165) is 18.3 Å². The van der Waals surface area contributed by atoms with E-state index in [2.05, 4.69) is 22.4 Å². The van der Waals surface area contributed by atoms with Gasteiger partial charge >= 0.3 is 0 Å². The zero-order valence-electron chi connectivity index (χ0n) is 10.8. The van der Waals surface area contributed by atoms with Crippen molar-refractivity contribution in [1.29, 1.82) is 0 Å². The van der Waals surface area contributed by atoms with Crippen molar-refractivity contribution in [3.63, 3.8) is 0 Å². The molecule has 1 aliphatic rings. The highest BCUT2D eigenvalue weighted by Crippen LogP contribution is 2.27. The van der Waals surface area contributed by atoms with Crippen LogP contribution in [0.25, 0.3) is 0 Å². The van der Waals surface area contributed by atoms with Gasteiger partial charge in [0.25, 0.3) is 0 Å². The molecule has 1 aromatic heterocycles. The lowest BCUT2D eigenvalue weighted by Gasteiger charge is -2.26. The summed E-state index contributed by atoms with van der Waals surface area (Å²) in [4.78, 5) is 4.45. The van der Waals surface area contributed by atoms with Gasteiger partial charge in [-0.05, 0) is 32.2 Å². The average Bonchev–Trinajstić information content (AvgIpc) is 2.78. The third kappa shape index (κ3) is 3.04. The van der Waals surface area contributed by atoms with E-state index in [-0.39, 0.29) is 12.1 Å². The molecule has 1 aliphatic heterocycles. The number of methoxy groups -OCH3 is 1. The largest absolute Gasteiger partial charge is 0.381 e. The molecule has 1 N–H and O–H groups in total. The van der Waals surface area contributed by atoms with Crippen molar-refractivity contribution < 1.29 is 9.26 Å². The molecule has 5 nitrogen and oxygen atoms in total. The molecule has 0 aliphatic carbocycles. The summed E-state index contributed by atoms with van der Waals surface area (Å²) >= 11 is 0. The van der Waals surface area contributed by atoms with Gasteiger partial charge in [-0.15, -0.1) is 0 Å². The zero-order valence-corrected chi connectivity index (χ0v) is 10.8. The van der Waals surface area contributed by atoms with Crippen LogP contribution in [0.2, 0.25) is 0 Å². The highest BCUT2D eigenvalue weighted by molar-refractivity contribution is 4.97. The first kappa shape index (κ1) is 12.5. The molecule has 2 rings (SSSR count). The van der Waals surface area contributed by atoms with Gasteiger partial charge in [-0.2, -0.15) is 4.98 Å². The third-order valence-corrected chi connectivity index (χ3v) is 3.39. The topological polar surface area (TPSA) is 60.2 Å². The highest BCUT2D eigenvalue weighted by atomic mass is 16.5. The fourth-order valence-corrected chi connectivity index (χ4v) is 2.20. The van der Waals surface area contributed by atoms with E-state index in [1.807, 2.05) is 6.92 Å². The third-order valence-electron chi connectivity index (χ3n) is 3.39. The van der Waals surface area contributed by atoms with Crippen LogP contribution in [0.4, 0.5) is 0 Å². The predicted molar refractivity (Wildman–Crippen MR) is 63.6 cm³/mol. The Bertz CT molecular complexity index is 353. The predicted octanol–water partition coefficient (Wildman–Crippen LogP) is 1.71. The minimum Gasteiger partial charge on any atom is -0.381 e. The number of nitrogens with zero attached hydrogens (tertiary/aromatic N) is 2. The van der Waals surface area contributed by atoms with Crippen molar-refractivity contribution in [3.8, 4) is 0 Å². The number of rotatable bonds is 4. The highest BCUT2D eigenvalue weighted by Gasteiger charge is 2.27.